The number of nitrogens with zero attached hydrogens (tertiary/aromatic N) is 2. The Hall–Kier alpha value is -1.30. The zero-order valence-electron chi connectivity index (χ0n) is 12.8. The first-order valence-corrected chi connectivity index (χ1v) is 8.91. The van der Waals surface area contributed by atoms with E-state index >= 15 is 0 Å². The Kier molecular flexibility index (Phi) is 4.54. The summed E-state index contributed by atoms with van der Waals surface area (Å²) >= 11 is 13.1. The van der Waals surface area contributed by atoms with E-state index in [9.17, 15) is 4.79 Å². The topological polar surface area (TPSA) is 46.9 Å². The first-order chi connectivity index (χ1) is 10.9. The Balaban J connectivity index is 1.70. The summed E-state index contributed by atoms with van der Waals surface area (Å²) in [5.74, 6) is 0.589. The number of hydrogen-bond acceptors (Lipinski definition) is 3. The van der Waals surface area contributed by atoms with E-state index in [0.717, 1.165) is 0 Å². The number of carbonyl (C=O) groups excluding carboxylic acids is 1. The van der Waals surface area contributed by atoms with Crippen molar-refractivity contribution < 1.29 is 4.79 Å². The number of aromatic nitrogens is 2. The summed E-state index contributed by atoms with van der Waals surface area (Å²) < 4.78 is 2.00. The van der Waals surface area contributed by atoms with Crippen molar-refractivity contribution in [1.29, 1.82) is 0 Å². The molecule has 1 fully saturated rings. The molecule has 0 bridgehead atoms. The molecule has 1 aliphatic rings. The molecule has 0 aromatic carbocycles. The van der Waals surface area contributed by atoms with Gasteiger partial charge in [-0.1, -0.05) is 43.1 Å². The van der Waals surface area contributed by atoms with E-state index in [4.69, 9.17) is 23.2 Å². The highest BCUT2D eigenvalue weighted by Crippen LogP contribution is 2.60. The van der Waals surface area contributed by atoms with Crippen molar-refractivity contribution in [2.45, 2.75) is 20.4 Å². The maximum absolute atomic E-state index is 12.6. The zero-order chi connectivity index (χ0) is 16.6. The molecule has 23 heavy (non-hydrogen) atoms. The molecular weight excluding hydrogens is 353 g/mol. The van der Waals surface area contributed by atoms with Gasteiger partial charge in [0, 0.05) is 10.9 Å². The SMILES string of the molecule is CC1(C)[C@H](C(=O)Nc2ccnn2Cc2cccs2)[C@@H]1C=C(Cl)Cl. The van der Waals surface area contributed by atoms with Crippen molar-refractivity contribution in [3.8, 4) is 0 Å². The number of anilines is 1. The summed E-state index contributed by atoms with van der Waals surface area (Å²) in [7, 11) is 0. The lowest BCUT2D eigenvalue weighted by Gasteiger charge is -2.09. The van der Waals surface area contributed by atoms with Gasteiger partial charge in [0.15, 0.2) is 0 Å². The highest BCUT2D eigenvalue weighted by molar-refractivity contribution is 7.09. The second kappa shape index (κ2) is 6.30. The van der Waals surface area contributed by atoms with Crippen LogP contribution >= 0.6 is 34.5 Å². The van der Waals surface area contributed by atoms with Crippen LogP contribution in [-0.2, 0) is 11.3 Å². The lowest BCUT2D eigenvalue weighted by molar-refractivity contribution is -0.118. The molecule has 3 rings (SSSR count). The average molecular weight is 370 g/mol. The third-order valence-corrected chi connectivity index (χ3v) is 5.47. The molecule has 1 saturated carbocycles. The maximum Gasteiger partial charge on any atom is 0.229 e. The van der Waals surface area contributed by atoms with Crippen LogP contribution in [0, 0.1) is 17.3 Å². The highest BCUT2D eigenvalue weighted by atomic mass is 35.5. The van der Waals surface area contributed by atoms with E-state index < -0.39 is 0 Å². The lowest BCUT2D eigenvalue weighted by atomic mass is 10.1. The van der Waals surface area contributed by atoms with Gasteiger partial charge in [-0.2, -0.15) is 5.10 Å². The summed E-state index contributed by atoms with van der Waals surface area (Å²) in [5.41, 5.74) is -0.141. The van der Waals surface area contributed by atoms with E-state index in [-0.39, 0.29) is 27.6 Å². The summed E-state index contributed by atoms with van der Waals surface area (Å²) in [5, 5.41) is 9.28. The molecule has 0 aliphatic heterocycles. The van der Waals surface area contributed by atoms with Gasteiger partial charge in [-0.3, -0.25) is 4.79 Å². The predicted molar refractivity (Wildman–Crippen MR) is 94.8 cm³/mol. The fourth-order valence-electron chi connectivity index (χ4n) is 2.94. The van der Waals surface area contributed by atoms with Gasteiger partial charge in [0.2, 0.25) is 5.91 Å². The van der Waals surface area contributed by atoms with Crippen LogP contribution in [0.15, 0.2) is 40.3 Å². The minimum atomic E-state index is -0.141. The molecule has 0 unspecified atom stereocenters. The summed E-state index contributed by atoms with van der Waals surface area (Å²) in [4.78, 5) is 13.8. The van der Waals surface area contributed by atoms with Crippen LogP contribution in [0.25, 0.3) is 0 Å². The summed E-state index contributed by atoms with van der Waals surface area (Å²) in [6.07, 6.45) is 3.44. The van der Waals surface area contributed by atoms with Crippen LogP contribution in [0.3, 0.4) is 0 Å². The third-order valence-electron chi connectivity index (χ3n) is 4.35. The quantitative estimate of drug-likeness (QED) is 0.841. The van der Waals surface area contributed by atoms with Gasteiger partial charge in [0.25, 0.3) is 0 Å². The average Bonchev–Trinajstić information content (AvgIpc) is 2.91. The number of carbonyl (C=O) groups is 1. The van der Waals surface area contributed by atoms with Crippen LogP contribution < -0.4 is 5.32 Å². The van der Waals surface area contributed by atoms with Crippen molar-refractivity contribution in [3.05, 3.63) is 45.2 Å². The van der Waals surface area contributed by atoms with Crippen molar-refractivity contribution in [2.24, 2.45) is 17.3 Å². The maximum atomic E-state index is 12.6. The van der Waals surface area contributed by atoms with Gasteiger partial charge in [0.1, 0.15) is 10.3 Å². The molecule has 2 aromatic heterocycles. The second-order valence-electron chi connectivity index (χ2n) is 6.22. The van der Waals surface area contributed by atoms with Crippen LogP contribution in [-0.4, -0.2) is 15.7 Å². The molecule has 122 valence electrons. The fraction of sp³-hybridized carbons (Fsp3) is 0.375. The Bertz CT molecular complexity index is 732. The molecule has 1 aliphatic carbocycles. The first kappa shape index (κ1) is 16.6. The Morgan fingerprint density at radius 1 is 1.48 bits per heavy atom. The molecule has 1 N–H and O–H groups in total. The van der Waals surface area contributed by atoms with Crippen LogP contribution in [0.5, 0.6) is 0 Å². The molecular formula is C16H17Cl2N3OS. The summed E-state index contributed by atoms with van der Waals surface area (Å²) in [6, 6.07) is 5.85. The van der Waals surface area contributed by atoms with Gasteiger partial charge in [-0.15, -0.1) is 11.3 Å². The van der Waals surface area contributed by atoms with E-state index in [2.05, 4.69) is 10.4 Å². The second-order valence-corrected chi connectivity index (χ2v) is 8.26. The highest BCUT2D eigenvalue weighted by Gasteiger charge is 2.60. The van der Waals surface area contributed by atoms with Crippen LogP contribution in [0.2, 0.25) is 0 Å². The normalized spacial score (nSPS) is 21.7. The van der Waals surface area contributed by atoms with Gasteiger partial charge in [-0.25, -0.2) is 4.68 Å². The van der Waals surface area contributed by atoms with Gasteiger partial charge < -0.3 is 5.32 Å². The molecule has 2 aromatic rings. The van der Waals surface area contributed by atoms with E-state index in [1.165, 1.54) is 4.88 Å². The van der Waals surface area contributed by atoms with Crippen molar-refractivity contribution in [1.82, 2.24) is 9.78 Å². The minimum absolute atomic E-state index is 0.0289. The van der Waals surface area contributed by atoms with E-state index in [0.29, 0.717) is 12.4 Å². The van der Waals surface area contributed by atoms with Crippen LogP contribution in [0.1, 0.15) is 18.7 Å². The fourth-order valence-corrected chi connectivity index (χ4v) is 3.90. The molecule has 7 heteroatoms. The number of thiophene rings is 1. The lowest BCUT2D eigenvalue weighted by Crippen LogP contribution is -2.19. The molecule has 2 heterocycles. The van der Waals surface area contributed by atoms with Gasteiger partial charge in [0.05, 0.1) is 18.7 Å². The molecule has 4 nitrogen and oxygen atoms in total. The number of halogens is 2. The molecule has 0 radical (unpaired) electrons. The first-order valence-electron chi connectivity index (χ1n) is 7.27. The number of amides is 1. The zero-order valence-corrected chi connectivity index (χ0v) is 15.1. The minimum Gasteiger partial charge on any atom is -0.311 e. The number of allylic oxidation sites excluding steroid dienone is 1. The van der Waals surface area contributed by atoms with Crippen LogP contribution in [0.4, 0.5) is 5.82 Å². The standard InChI is InChI=1S/C16H17Cl2N3OS/c1-16(2)11(8-12(17)18)14(16)15(22)20-13-5-6-19-21(13)9-10-4-3-7-23-10/h3-8,11,14H,9H2,1-2H3,(H,20,22)/t11-,14-/m0/s1. The Labute approximate surface area is 149 Å². The van der Waals surface area contributed by atoms with E-state index in [1.54, 1.807) is 34.4 Å². The Morgan fingerprint density at radius 3 is 2.91 bits per heavy atom. The third kappa shape index (κ3) is 3.47. The largest absolute Gasteiger partial charge is 0.311 e. The Morgan fingerprint density at radius 2 is 2.26 bits per heavy atom. The van der Waals surface area contributed by atoms with Gasteiger partial charge >= 0.3 is 0 Å². The number of nitrogens with one attached hydrogen (secondary N) is 1. The number of hydrogen-bond donors (Lipinski definition) is 1. The smallest absolute Gasteiger partial charge is 0.229 e. The molecule has 0 saturated heterocycles. The van der Waals surface area contributed by atoms with Crippen molar-refractivity contribution in [2.75, 3.05) is 5.32 Å². The van der Waals surface area contributed by atoms with E-state index in [1.807, 2.05) is 31.4 Å². The molecule has 1 amide bonds. The molecule has 0 spiro atoms. The monoisotopic (exact) mass is 369 g/mol. The summed E-state index contributed by atoms with van der Waals surface area (Å²) in [6.45, 7) is 4.72. The van der Waals surface area contributed by atoms with Crippen molar-refractivity contribution in [3.63, 3.8) is 0 Å². The van der Waals surface area contributed by atoms with Crippen molar-refractivity contribution >= 4 is 46.3 Å². The predicted octanol–water partition coefficient (Wildman–Crippen LogP) is 4.52. The molecule has 2 atom stereocenters. The number of rotatable bonds is 5. The van der Waals surface area contributed by atoms with Gasteiger partial charge in [-0.05, 0) is 28.9 Å².